The van der Waals surface area contributed by atoms with Gasteiger partial charge in [0.1, 0.15) is 13.2 Å². The van der Waals surface area contributed by atoms with Gasteiger partial charge in [-0.1, -0.05) is 346 Å². The third-order valence-corrected chi connectivity index (χ3v) is 17.6. The average Bonchev–Trinajstić information content (AvgIpc) is 3.42. The van der Waals surface area contributed by atoms with E-state index in [-0.39, 0.29) is 19.1 Å². The van der Waals surface area contributed by atoms with Crippen LogP contribution in [0.4, 0.5) is 0 Å². The van der Waals surface area contributed by atoms with E-state index in [0.717, 1.165) is 32.1 Å². The van der Waals surface area contributed by atoms with Gasteiger partial charge in [0.2, 0.25) is 5.91 Å². The van der Waals surface area contributed by atoms with Crippen LogP contribution < -0.4 is 5.32 Å². The van der Waals surface area contributed by atoms with Crippen LogP contribution in [0.5, 0.6) is 0 Å². The number of quaternary nitrogens is 1. The molecule has 0 fully saturated rings. The van der Waals surface area contributed by atoms with E-state index in [4.69, 9.17) is 9.05 Å². The Morgan fingerprint density at radius 2 is 0.675 bits per heavy atom. The molecule has 0 saturated carbocycles. The van der Waals surface area contributed by atoms with Crippen LogP contribution in [0.1, 0.15) is 373 Å². The number of phosphoric acid groups is 1. The van der Waals surface area contributed by atoms with E-state index in [1.807, 2.05) is 27.2 Å². The predicted molar refractivity (Wildman–Crippen MR) is 351 cm³/mol. The molecule has 1 amide bonds. The maximum atomic E-state index is 13.0. The van der Waals surface area contributed by atoms with Gasteiger partial charge in [0.05, 0.1) is 39.9 Å². The first-order chi connectivity index (χ1) is 39.0. The first-order valence-corrected chi connectivity index (χ1v) is 37.2. The lowest BCUT2D eigenvalue weighted by atomic mass is 10.0. The zero-order chi connectivity index (χ0) is 58.4. The summed E-state index contributed by atoms with van der Waals surface area (Å²) in [7, 11) is 1.59. The maximum absolute atomic E-state index is 13.0. The second kappa shape index (κ2) is 62.5. The highest BCUT2D eigenvalue weighted by Gasteiger charge is 2.28. The van der Waals surface area contributed by atoms with Crippen molar-refractivity contribution in [3.63, 3.8) is 0 Å². The van der Waals surface area contributed by atoms with Gasteiger partial charge in [0, 0.05) is 6.42 Å². The van der Waals surface area contributed by atoms with Gasteiger partial charge in [-0.3, -0.25) is 13.8 Å². The van der Waals surface area contributed by atoms with E-state index >= 15 is 0 Å². The molecule has 0 spiro atoms. The molecule has 0 aliphatic carbocycles. The first-order valence-electron chi connectivity index (χ1n) is 35.7. The van der Waals surface area contributed by atoms with Gasteiger partial charge in [-0.15, -0.1) is 0 Å². The molecule has 3 N–H and O–H groups in total. The second-order valence-electron chi connectivity index (χ2n) is 26.0. The van der Waals surface area contributed by atoms with Crippen LogP contribution in [0.3, 0.4) is 0 Å². The highest BCUT2D eigenvalue weighted by Crippen LogP contribution is 2.43. The summed E-state index contributed by atoms with van der Waals surface area (Å²) in [5.41, 5.74) is 0. The number of rotatable bonds is 67. The summed E-state index contributed by atoms with van der Waals surface area (Å²) in [6, 6.07) is -0.844. The van der Waals surface area contributed by atoms with Gasteiger partial charge in [0.25, 0.3) is 0 Å². The van der Waals surface area contributed by atoms with Crippen molar-refractivity contribution in [2.75, 3.05) is 40.9 Å². The van der Waals surface area contributed by atoms with Crippen LogP contribution in [0.15, 0.2) is 24.3 Å². The summed E-state index contributed by atoms with van der Waals surface area (Å²) >= 11 is 0. The van der Waals surface area contributed by atoms with Gasteiger partial charge in [-0.25, -0.2) is 4.57 Å². The van der Waals surface area contributed by atoms with Crippen molar-refractivity contribution < 1.29 is 32.9 Å². The predicted octanol–water partition coefficient (Wildman–Crippen LogP) is 22.7. The van der Waals surface area contributed by atoms with Gasteiger partial charge in [0.15, 0.2) is 0 Å². The molecule has 9 heteroatoms. The van der Waals surface area contributed by atoms with E-state index < -0.39 is 20.0 Å². The van der Waals surface area contributed by atoms with Gasteiger partial charge >= 0.3 is 7.82 Å². The molecule has 476 valence electrons. The van der Waals surface area contributed by atoms with Crippen LogP contribution in [-0.4, -0.2) is 73.4 Å². The molecule has 8 nitrogen and oxygen atoms in total. The molecule has 80 heavy (non-hydrogen) atoms. The molecular formula is C71H142N2O6P+. The number of phosphoric ester groups is 1. The Labute approximate surface area is 500 Å². The topological polar surface area (TPSA) is 105 Å². The lowest BCUT2D eigenvalue weighted by Crippen LogP contribution is -2.45. The molecule has 0 aromatic rings. The fraction of sp³-hybridized carbons (Fsp3) is 0.930. The lowest BCUT2D eigenvalue weighted by Gasteiger charge is -2.25. The van der Waals surface area contributed by atoms with E-state index in [1.54, 1.807) is 6.08 Å². The monoisotopic (exact) mass is 1150 g/mol. The molecule has 0 aromatic carbocycles. The minimum absolute atomic E-state index is 0.0647. The van der Waals surface area contributed by atoms with Crippen molar-refractivity contribution in [1.82, 2.24) is 5.32 Å². The number of aliphatic hydroxyl groups excluding tert-OH is 1. The van der Waals surface area contributed by atoms with Gasteiger partial charge in [-0.2, -0.15) is 0 Å². The number of hydrogen-bond acceptors (Lipinski definition) is 5. The highest BCUT2D eigenvalue weighted by molar-refractivity contribution is 7.47. The molecular weight excluding hydrogens is 1010 g/mol. The molecule has 0 aromatic heterocycles. The second-order valence-corrected chi connectivity index (χ2v) is 27.4. The van der Waals surface area contributed by atoms with Crippen molar-refractivity contribution in [2.45, 2.75) is 386 Å². The molecule has 0 rings (SSSR count). The largest absolute Gasteiger partial charge is 0.472 e. The summed E-state index contributed by atoms with van der Waals surface area (Å²) in [6.07, 6.45) is 82.0. The Hall–Kier alpha value is -1.02. The van der Waals surface area contributed by atoms with E-state index in [0.29, 0.717) is 17.4 Å². The van der Waals surface area contributed by atoms with Crippen LogP contribution in [-0.2, 0) is 18.4 Å². The minimum atomic E-state index is -4.35. The normalized spacial score (nSPS) is 13.7. The zero-order valence-electron chi connectivity index (χ0n) is 54.6. The molecule has 0 aliphatic rings. The lowest BCUT2D eigenvalue weighted by molar-refractivity contribution is -0.870. The van der Waals surface area contributed by atoms with Crippen LogP contribution >= 0.6 is 7.82 Å². The van der Waals surface area contributed by atoms with E-state index in [1.165, 1.54) is 321 Å². The maximum Gasteiger partial charge on any atom is 0.472 e. The number of nitrogens with zero attached hydrogens (tertiary/aromatic N) is 1. The number of aliphatic hydroxyl groups is 1. The number of unbranched alkanes of at least 4 members (excludes halogenated alkanes) is 52. The Balaban J connectivity index is 3.90. The number of hydrogen-bond donors (Lipinski definition) is 3. The Morgan fingerprint density at radius 3 is 0.963 bits per heavy atom. The third kappa shape index (κ3) is 64.5. The van der Waals surface area contributed by atoms with Crippen LogP contribution in [0.2, 0.25) is 0 Å². The SMILES string of the molecule is CCCCCCCCCC/C=C\CCCCCCCCCCCCCCCCCCCCCCCCCCCCCC(=O)NC(COP(=O)(O)OCC[N+](C)(C)C)C(O)/C=C/CCCCCCCCCCCCCCCCCCC. The van der Waals surface area contributed by atoms with Gasteiger partial charge < -0.3 is 19.8 Å². The summed E-state index contributed by atoms with van der Waals surface area (Å²) in [4.78, 5) is 23.4. The minimum Gasteiger partial charge on any atom is -0.387 e. The van der Waals surface area contributed by atoms with E-state index in [9.17, 15) is 19.4 Å². The fourth-order valence-electron chi connectivity index (χ4n) is 11.1. The van der Waals surface area contributed by atoms with Crippen LogP contribution in [0.25, 0.3) is 0 Å². The summed E-state index contributed by atoms with van der Waals surface area (Å²) in [5.74, 6) is -0.168. The van der Waals surface area contributed by atoms with Crippen molar-refractivity contribution in [3.05, 3.63) is 24.3 Å². The number of likely N-dealkylation sites (N-methyl/N-ethyl adjacent to an activating group) is 1. The highest BCUT2D eigenvalue weighted by atomic mass is 31.2. The number of carbonyl (C=O) groups excluding carboxylic acids is 1. The summed E-state index contributed by atoms with van der Waals surface area (Å²) in [6.45, 7) is 4.87. The average molecular weight is 1150 g/mol. The fourth-order valence-corrected chi connectivity index (χ4v) is 11.8. The van der Waals surface area contributed by atoms with Gasteiger partial charge in [-0.05, 0) is 44.9 Å². The standard InChI is InChI=1S/C71H141N2O6P/c1-6-8-10-12-14-16-18-20-22-24-26-27-28-29-30-31-32-33-34-35-36-37-38-39-40-41-42-43-44-45-47-49-51-53-55-57-59-61-63-65-71(75)72-69(68-79-80(76,77)78-67-66-73(3,4)5)70(74)64-62-60-58-56-54-52-50-48-46-25-23-21-19-17-15-13-11-9-7-2/h24,26,62,64,69-70,74H,6-23,25,27-61,63,65-68H2,1-5H3,(H-,72,75,76,77)/p+1/b26-24-,64-62+. The number of nitrogens with one attached hydrogen (secondary N) is 1. The number of allylic oxidation sites excluding steroid dienone is 3. The number of carbonyl (C=O) groups is 1. The van der Waals surface area contributed by atoms with Crippen molar-refractivity contribution in [2.24, 2.45) is 0 Å². The zero-order valence-corrected chi connectivity index (χ0v) is 55.5. The van der Waals surface area contributed by atoms with Crippen molar-refractivity contribution in [1.29, 1.82) is 0 Å². The summed E-state index contributed by atoms with van der Waals surface area (Å²) < 4.78 is 23.8. The molecule has 0 radical (unpaired) electrons. The Kier molecular flexibility index (Phi) is 61.7. The third-order valence-electron chi connectivity index (χ3n) is 16.7. The summed E-state index contributed by atoms with van der Waals surface area (Å²) in [5, 5.41) is 14.0. The Bertz CT molecular complexity index is 1350. The molecule has 0 saturated heterocycles. The quantitative estimate of drug-likeness (QED) is 0.0243. The van der Waals surface area contributed by atoms with Crippen LogP contribution in [0, 0.1) is 0 Å². The molecule has 0 aliphatic heterocycles. The molecule has 0 heterocycles. The van der Waals surface area contributed by atoms with Crippen molar-refractivity contribution >= 4 is 13.7 Å². The molecule has 0 bridgehead atoms. The first kappa shape index (κ1) is 79.0. The number of amides is 1. The van der Waals surface area contributed by atoms with Crippen molar-refractivity contribution in [3.8, 4) is 0 Å². The smallest absolute Gasteiger partial charge is 0.387 e. The molecule has 3 atom stereocenters. The Morgan fingerprint density at radius 1 is 0.412 bits per heavy atom. The van der Waals surface area contributed by atoms with E-state index in [2.05, 4.69) is 31.3 Å². The molecule has 3 unspecified atom stereocenters.